The molecule has 0 bridgehead atoms. The molecule has 1 aliphatic heterocycles. The Labute approximate surface area is 133 Å². The van der Waals surface area contributed by atoms with Gasteiger partial charge in [0.1, 0.15) is 11.5 Å². The zero-order valence-corrected chi connectivity index (χ0v) is 12.7. The highest BCUT2D eigenvalue weighted by molar-refractivity contribution is 5.86. The molecule has 2 heterocycles. The smallest absolute Gasteiger partial charge is 0.241 e. The van der Waals surface area contributed by atoms with Crippen molar-refractivity contribution in [3.05, 3.63) is 54.3 Å². The number of halogens is 1. The summed E-state index contributed by atoms with van der Waals surface area (Å²) in [5.41, 5.74) is 1.28. The molecule has 3 aromatic rings. The summed E-state index contributed by atoms with van der Waals surface area (Å²) in [4.78, 5) is 0. The van der Waals surface area contributed by atoms with Crippen molar-refractivity contribution >= 4 is 10.9 Å². The number of hydrogen-bond donors (Lipinski definition) is 1. The van der Waals surface area contributed by atoms with Gasteiger partial charge in [-0.2, -0.15) is 0 Å². The SMILES string of the molecule is Fc1ccccc1-n1nc(OC[C@H]2CCNC2)c2ccccc21. The molecule has 0 unspecified atom stereocenters. The van der Waals surface area contributed by atoms with Gasteiger partial charge in [-0.3, -0.25) is 0 Å². The van der Waals surface area contributed by atoms with Crippen LogP contribution in [0.25, 0.3) is 16.6 Å². The standard InChI is InChI=1S/C18H18FN3O/c19-15-6-2-4-8-17(15)22-16-7-3-1-5-14(16)18(21-22)23-12-13-9-10-20-11-13/h1-8,13,20H,9-12H2/t13-/m0/s1. The fourth-order valence-electron chi connectivity index (χ4n) is 3.00. The topological polar surface area (TPSA) is 39.1 Å². The van der Waals surface area contributed by atoms with Gasteiger partial charge in [-0.1, -0.05) is 24.3 Å². The molecule has 1 saturated heterocycles. The summed E-state index contributed by atoms with van der Waals surface area (Å²) in [6.07, 6.45) is 1.12. The van der Waals surface area contributed by atoms with Gasteiger partial charge in [0.05, 0.1) is 17.5 Å². The number of benzene rings is 2. The van der Waals surface area contributed by atoms with E-state index in [-0.39, 0.29) is 5.82 Å². The second-order valence-electron chi connectivity index (χ2n) is 5.86. The summed E-state index contributed by atoms with van der Waals surface area (Å²) in [6.45, 7) is 2.65. The monoisotopic (exact) mass is 311 g/mol. The lowest BCUT2D eigenvalue weighted by Gasteiger charge is -2.08. The summed E-state index contributed by atoms with van der Waals surface area (Å²) >= 11 is 0. The van der Waals surface area contributed by atoms with Crippen LogP contribution in [0.1, 0.15) is 6.42 Å². The molecule has 1 aromatic heterocycles. The van der Waals surface area contributed by atoms with Crippen LogP contribution in [0.15, 0.2) is 48.5 Å². The van der Waals surface area contributed by atoms with Crippen LogP contribution >= 0.6 is 0 Å². The predicted molar refractivity (Wildman–Crippen MR) is 87.5 cm³/mol. The Balaban J connectivity index is 1.72. The number of ether oxygens (including phenoxy) is 1. The molecule has 1 fully saturated rings. The third-order valence-electron chi connectivity index (χ3n) is 4.25. The third-order valence-corrected chi connectivity index (χ3v) is 4.25. The molecular weight excluding hydrogens is 293 g/mol. The summed E-state index contributed by atoms with van der Waals surface area (Å²) < 4.78 is 21.7. The molecule has 23 heavy (non-hydrogen) atoms. The van der Waals surface area contributed by atoms with Crippen molar-refractivity contribution in [1.82, 2.24) is 15.1 Å². The van der Waals surface area contributed by atoms with Gasteiger partial charge >= 0.3 is 0 Å². The zero-order chi connectivity index (χ0) is 15.6. The van der Waals surface area contributed by atoms with Gasteiger partial charge in [-0.25, -0.2) is 9.07 Å². The van der Waals surface area contributed by atoms with Gasteiger partial charge < -0.3 is 10.1 Å². The molecule has 1 N–H and O–H groups in total. The van der Waals surface area contributed by atoms with Crippen LogP contribution in [0.5, 0.6) is 5.88 Å². The Morgan fingerprint density at radius 2 is 2.00 bits per heavy atom. The molecule has 0 saturated carbocycles. The molecule has 0 spiro atoms. The lowest BCUT2D eigenvalue weighted by atomic mass is 10.1. The van der Waals surface area contributed by atoms with Gasteiger partial charge in [-0.15, -0.1) is 5.10 Å². The van der Waals surface area contributed by atoms with Crippen molar-refractivity contribution in [3.8, 4) is 11.6 Å². The Bertz CT molecular complexity index is 824. The highest BCUT2D eigenvalue weighted by atomic mass is 19.1. The minimum atomic E-state index is -0.299. The molecule has 1 atom stereocenters. The van der Waals surface area contributed by atoms with E-state index < -0.39 is 0 Å². The van der Waals surface area contributed by atoms with E-state index in [0.29, 0.717) is 24.1 Å². The molecule has 2 aromatic carbocycles. The first-order valence-electron chi connectivity index (χ1n) is 7.89. The fourth-order valence-corrected chi connectivity index (χ4v) is 3.00. The molecule has 118 valence electrons. The van der Waals surface area contributed by atoms with E-state index in [1.807, 2.05) is 24.3 Å². The molecule has 0 radical (unpaired) electrons. The average molecular weight is 311 g/mol. The van der Waals surface area contributed by atoms with E-state index in [9.17, 15) is 4.39 Å². The first-order chi connectivity index (χ1) is 11.3. The van der Waals surface area contributed by atoms with Gasteiger partial charge in [0.2, 0.25) is 5.88 Å². The van der Waals surface area contributed by atoms with E-state index in [0.717, 1.165) is 30.4 Å². The first kappa shape index (κ1) is 14.2. The van der Waals surface area contributed by atoms with Gasteiger partial charge in [0.25, 0.3) is 0 Å². The Morgan fingerprint density at radius 1 is 1.17 bits per heavy atom. The average Bonchev–Trinajstić information content (AvgIpc) is 3.21. The first-order valence-corrected chi connectivity index (χ1v) is 7.89. The van der Waals surface area contributed by atoms with Crippen molar-refractivity contribution in [2.75, 3.05) is 19.7 Å². The number of nitrogens with zero attached hydrogens (tertiary/aromatic N) is 2. The molecule has 1 aliphatic rings. The molecule has 0 aliphatic carbocycles. The van der Waals surface area contributed by atoms with Crippen molar-refractivity contribution in [2.45, 2.75) is 6.42 Å². The second kappa shape index (κ2) is 6.01. The maximum absolute atomic E-state index is 14.1. The number of aromatic nitrogens is 2. The minimum absolute atomic E-state index is 0.299. The predicted octanol–water partition coefficient (Wildman–Crippen LogP) is 3.15. The van der Waals surface area contributed by atoms with Crippen molar-refractivity contribution in [3.63, 3.8) is 0 Å². The number of rotatable bonds is 4. The summed E-state index contributed by atoms with van der Waals surface area (Å²) in [5.74, 6) is 0.774. The van der Waals surface area contributed by atoms with Gasteiger partial charge in [0, 0.05) is 12.5 Å². The second-order valence-corrected chi connectivity index (χ2v) is 5.86. The quantitative estimate of drug-likeness (QED) is 0.804. The maximum Gasteiger partial charge on any atom is 0.241 e. The lowest BCUT2D eigenvalue weighted by Crippen LogP contribution is -2.15. The van der Waals surface area contributed by atoms with Crippen molar-refractivity contribution in [1.29, 1.82) is 0 Å². The molecule has 4 nitrogen and oxygen atoms in total. The summed E-state index contributed by atoms with van der Waals surface area (Å²) in [5, 5.41) is 8.75. The summed E-state index contributed by atoms with van der Waals surface area (Å²) in [7, 11) is 0. The molecule has 4 rings (SSSR count). The summed E-state index contributed by atoms with van der Waals surface area (Å²) in [6, 6.07) is 14.4. The van der Waals surface area contributed by atoms with Crippen LogP contribution in [-0.2, 0) is 0 Å². The van der Waals surface area contributed by atoms with Crippen molar-refractivity contribution < 1.29 is 9.13 Å². The van der Waals surface area contributed by atoms with Gasteiger partial charge in [-0.05, 0) is 37.2 Å². The number of nitrogens with one attached hydrogen (secondary N) is 1. The van der Waals surface area contributed by atoms with E-state index in [1.54, 1.807) is 22.9 Å². The van der Waals surface area contributed by atoms with Crippen LogP contribution < -0.4 is 10.1 Å². The van der Waals surface area contributed by atoms with Crippen molar-refractivity contribution in [2.24, 2.45) is 5.92 Å². The van der Waals surface area contributed by atoms with Crippen LogP contribution in [0.4, 0.5) is 4.39 Å². The van der Waals surface area contributed by atoms with Crippen LogP contribution in [0.3, 0.4) is 0 Å². The largest absolute Gasteiger partial charge is 0.476 e. The van der Waals surface area contributed by atoms with Crippen LogP contribution in [-0.4, -0.2) is 29.5 Å². The Kier molecular flexibility index (Phi) is 3.71. The normalized spacial score (nSPS) is 17.7. The number of hydrogen-bond acceptors (Lipinski definition) is 3. The van der Waals surface area contributed by atoms with Crippen LogP contribution in [0, 0.1) is 11.7 Å². The Hall–Kier alpha value is -2.40. The van der Waals surface area contributed by atoms with E-state index in [1.165, 1.54) is 6.07 Å². The van der Waals surface area contributed by atoms with E-state index in [2.05, 4.69) is 10.4 Å². The zero-order valence-electron chi connectivity index (χ0n) is 12.7. The number of fused-ring (bicyclic) bond motifs is 1. The van der Waals surface area contributed by atoms with E-state index in [4.69, 9.17) is 4.74 Å². The minimum Gasteiger partial charge on any atom is -0.476 e. The van der Waals surface area contributed by atoms with E-state index >= 15 is 0 Å². The molecule has 5 heteroatoms. The number of para-hydroxylation sites is 2. The highest BCUT2D eigenvalue weighted by Crippen LogP contribution is 2.28. The fraction of sp³-hybridized carbons (Fsp3) is 0.278. The third kappa shape index (κ3) is 2.68. The molecular formula is C18H18FN3O. The van der Waals surface area contributed by atoms with Crippen LogP contribution in [0.2, 0.25) is 0 Å². The van der Waals surface area contributed by atoms with Gasteiger partial charge in [0.15, 0.2) is 0 Å². The lowest BCUT2D eigenvalue weighted by molar-refractivity contribution is 0.252. The highest BCUT2D eigenvalue weighted by Gasteiger charge is 2.18. The Morgan fingerprint density at radius 3 is 2.83 bits per heavy atom. The molecule has 0 amide bonds. The maximum atomic E-state index is 14.1.